The third kappa shape index (κ3) is 7.93. The van der Waals surface area contributed by atoms with Crippen molar-refractivity contribution in [2.24, 2.45) is 0 Å². The Morgan fingerprint density at radius 3 is 2.30 bits per heavy atom. The van der Waals surface area contributed by atoms with Gasteiger partial charge in [-0.15, -0.1) is 0 Å². The van der Waals surface area contributed by atoms with Crippen molar-refractivity contribution in [2.75, 3.05) is 57.2 Å². The number of sulfonamides is 1. The number of ether oxygens (including phenoxy) is 3. The first-order chi connectivity index (χ1) is 20.9. The zero-order valence-corrected chi connectivity index (χ0v) is 26.0. The topological polar surface area (TPSA) is 157 Å². The second kappa shape index (κ2) is 14.0. The van der Waals surface area contributed by atoms with E-state index in [-0.39, 0.29) is 57.2 Å². The van der Waals surface area contributed by atoms with Gasteiger partial charge in [-0.25, -0.2) is 18.3 Å². The first kappa shape index (κ1) is 33.3. The fraction of sp³-hybridized carbons (Fsp3) is 0.467. The molecule has 3 N–H and O–H groups in total. The maximum atomic E-state index is 13.6. The summed E-state index contributed by atoms with van der Waals surface area (Å²) in [6.45, 7) is 3.86. The predicted octanol–water partition coefficient (Wildman–Crippen LogP) is 3.58. The van der Waals surface area contributed by atoms with Gasteiger partial charge in [0.15, 0.2) is 0 Å². The van der Waals surface area contributed by atoms with E-state index < -0.39 is 27.3 Å². The summed E-state index contributed by atoms with van der Waals surface area (Å²) in [5.74, 6) is -1.08. The summed E-state index contributed by atoms with van der Waals surface area (Å²) >= 11 is 0. The molecule has 240 valence electrons. The molecular formula is C30H38FN3O9S. The van der Waals surface area contributed by atoms with Gasteiger partial charge in [0, 0.05) is 24.1 Å². The summed E-state index contributed by atoms with van der Waals surface area (Å²) in [6.07, 6.45) is 2.89. The van der Waals surface area contributed by atoms with E-state index in [2.05, 4.69) is 5.32 Å². The van der Waals surface area contributed by atoms with Crippen LogP contribution in [0.3, 0.4) is 0 Å². The first-order valence-electron chi connectivity index (χ1n) is 14.2. The number of rotatable bonds is 16. The van der Waals surface area contributed by atoms with Gasteiger partial charge in [0.05, 0.1) is 57.1 Å². The Morgan fingerprint density at radius 2 is 1.70 bits per heavy atom. The van der Waals surface area contributed by atoms with Crippen molar-refractivity contribution in [3.63, 3.8) is 0 Å². The molecule has 0 radical (unpaired) electrons. The largest absolute Gasteiger partial charge is 0.455 e. The van der Waals surface area contributed by atoms with Gasteiger partial charge in [-0.2, -0.15) is 0 Å². The number of hydrogen-bond acceptors (Lipinski definition) is 9. The molecule has 14 heteroatoms. The van der Waals surface area contributed by atoms with Crippen molar-refractivity contribution in [2.45, 2.75) is 38.2 Å². The van der Waals surface area contributed by atoms with Crippen molar-refractivity contribution in [1.82, 2.24) is 10.8 Å². The summed E-state index contributed by atoms with van der Waals surface area (Å²) in [6, 6.07) is 9.07. The highest BCUT2D eigenvalue weighted by molar-refractivity contribution is 7.92. The molecule has 4 rings (SSSR count). The summed E-state index contributed by atoms with van der Waals surface area (Å²) in [5, 5.41) is 11.9. The van der Waals surface area contributed by atoms with Crippen LogP contribution in [0.2, 0.25) is 0 Å². The lowest BCUT2D eigenvalue weighted by molar-refractivity contribution is -0.153. The molecule has 2 aromatic carbocycles. The number of benzene rings is 2. The van der Waals surface area contributed by atoms with Crippen molar-refractivity contribution in [3.05, 3.63) is 53.3 Å². The zero-order valence-electron chi connectivity index (χ0n) is 25.1. The van der Waals surface area contributed by atoms with Crippen LogP contribution < -0.4 is 15.1 Å². The van der Waals surface area contributed by atoms with Gasteiger partial charge in [-0.05, 0) is 68.5 Å². The number of carbonyl (C=O) groups excluding carboxylic acids is 2. The van der Waals surface area contributed by atoms with E-state index >= 15 is 0 Å². The van der Waals surface area contributed by atoms with E-state index in [1.807, 2.05) is 6.07 Å². The average Bonchev–Trinajstić information content (AvgIpc) is 3.76. The predicted molar refractivity (Wildman–Crippen MR) is 161 cm³/mol. The molecule has 0 spiro atoms. The number of carbonyl (C=O) groups is 2. The lowest BCUT2D eigenvalue weighted by Gasteiger charge is -2.25. The third-order valence-electron chi connectivity index (χ3n) is 7.23. The molecule has 2 amide bonds. The Labute approximate surface area is 255 Å². The van der Waals surface area contributed by atoms with Crippen LogP contribution >= 0.6 is 0 Å². The summed E-state index contributed by atoms with van der Waals surface area (Å²) < 4.78 is 63.5. The summed E-state index contributed by atoms with van der Waals surface area (Å²) in [7, 11) is -2.22. The van der Waals surface area contributed by atoms with Crippen LogP contribution in [0.4, 0.5) is 10.1 Å². The Hall–Kier alpha value is -3.56. The minimum absolute atomic E-state index is 0.0332. The van der Waals surface area contributed by atoms with E-state index in [9.17, 15) is 22.4 Å². The number of anilines is 1. The second-order valence-corrected chi connectivity index (χ2v) is 12.8. The molecule has 1 fully saturated rings. The zero-order chi connectivity index (χ0) is 32.1. The summed E-state index contributed by atoms with van der Waals surface area (Å²) in [5.41, 5.74) is 2.71. The van der Waals surface area contributed by atoms with Crippen LogP contribution in [-0.2, 0) is 29.0 Å². The van der Waals surface area contributed by atoms with Crippen LogP contribution in [0.15, 0.2) is 40.8 Å². The second-order valence-electron chi connectivity index (χ2n) is 10.9. The Balaban J connectivity index is 1.48. The van der Waals surface area contributed by atoms with Gasteiger partial charge >= 0.3 is 0 Å². The highest BCUT2D eigenvalue weighted by Gasteiger charge is 2.33. The van der Waals surface area contributed by atoms with E-state index in [1.165, 1.54) is 49.5 Å². The highest BCUT2D eigenvalue weighted by atomic mass is 32.2. The normalized spacial score (nSPS) is 13.7. The van der Waals surface area contributed by atoms with Crippen LogP contribution in [0.1, 0.15) is 48.5 Å². The van der Waals surface area contributed by atoms with Crippen LogP contribution in [0.25, 0.3) is 22.3 Å². The summed E-state index contributed by atoms with van der Waals surface area (Å²) in [4.78, 5) is 24.5. The SMILES string of the molecule is CNC(=O)c1c(-c2ccc(F)cc2)oc2cc(N(CCOCCOCCOC(C)(C)C(=O)NO)S(C)(=O)=O)c(C3CC3)cc12. The number of furan rings is 1. The highest BCUT2D eigenvalue weighted by Crippen LogP contribution is 2.48. The molecule has 0 bridgehead atoms. The fourth-order valence-corrected chi connectivity index (χ4v) is 5.65. The lowest BCUT2D eigenvalue weighted by Crippen LogP contribution is -2.43. The molecular weight excluding hydrogens is 597 g/mol. The Morgan fingerprint density at radius 1 is 1.07 bits per heavy atom. The van der Waals surface area contributed by atoms with Gasteiger partial charge in [0.2, 0.25) is 10.0 Å². The molecule has 1 aromatic heterocycles. The molecule has 44 heavy (non-hydrogen) atoms. The molecule has 1 aliphatic carbocycles. The van der Waals surface area contributed by atoms with E-state index in [0.29, 0.717) is 27.8 Å². The molecule has 0 atom stereocenters. The average molecular weight is 636 g/mol. The number of hydrogen-bond donors (Lipinski definition) is 3. The standard InChI is InChI=1S/C30H38FN3O9S/c1-30(2,29(36)33-37)42-16-15-41-14-13-40-12-11-34(44(4,38)39)24-18-25-23(17-22(24)19-5-6-19)26(28(35)32-3)27(43-25)20-7-9-21(31)10-8-20/h7-10,17-19,37H,5-6,11-16H2,1-4H3,(H,32,35)(H,33,36). The van der Waals surface area contributed by atoms with Gasteiger partial charge in [-0.3, -0.25) is 19.1 Å². The van der Waals surface area contributed by atoms with Crippen LogP contribution in [0, 0.1) is 5.82 Å². The first-order valence-corrected chi connectivity index (χ1v) is 16.0. The minimum atomic E-state index is -3.73. The molecule has 0 saturated heterocycles. The van der Waals surface area contributed by atoms with E-state index in [4.69, 9.17) is 23.8 Å². The Bertz CT molecular complexity index is 1590. The number of nitrogens with one attached hydrogen (secondary N) is 2. The molecule has 1 aliphatic rings. The third-order valence-corrected chi connectivity index (χ3v) is 8.41. The van der Waals surface area contributed by atoms with E-state index in [1.54, 1.807) is 11.5 Å². The smallest absolute Gasteiger partial charge is 0.274 e. The van der Waals surface area contributed by atoms with Crippen molar-refractivity contribution < 1.29 is 46.2 Å². The number of halogens is 1. The van der Waals surface area contributed by atoms with E-state index in [0.717, 1.165) is 24.7 Å². The van der Waals surface area contributed by atoms with Gasteiger partial charge in [0.1, 0.15) is 22.8 Å². The maximum Gasteiger partial charge on any atom is 0.274 e. The number of fused-ring (bicyclic) bond motifs is 1. The maximum absolute atomic E-state index is 13.6. The van der Waals surface area contributed by atoms with Crippen molar-refractivity contribution in [1.29, 1.82) is 0 Å². The molecule has 1 saturated carbocycles. The van der Waals surface area contributed by atoms with Crippen LogP contribution in [0.5, 0.6) is 0 Å². The molecule has 1 heterocycles. The number of nitrogens with zero attached hydrogens (tertiary/aromatic N) is 1. The molecule has 3 aromatic rings. The molecule has 0 unspecified atom stereocenters. The monoisotopic (exact) mass is 635 g/mol. The number of hydroxylamine groups is 1. The quantitative estimate of drug-likeness (QED) is 0.122. The van der Waals surface area contributed by atoms with Crippen molar-refractivity contribution in [3.8, 4) is 11.3 Å². The Kier molecular flexibility index (Phi) is 10.6. The number of amides is 2. The van der Waals surface area contributed by atoms with Gasteiger partial charge in [0.25, 0.3) is 11.8 Å². The fourth-order valence-electron chi connectivity index (χ4n) is 4.73. The molecule has 0 aliphatic heterocycles. The van der Waals surface area contributed by atoms with Crippen LogP contribution in [-0.4, -0.2) is 83.9 Å². The minimum Gasteiger partial charge on any atom is -0.455 e. The van der Waals surface area contributed by atoms with Gasteiger partial charge in [-0.1, -0.05) is 0 Å². The molecule has 12 nitrogen and oxygen atoms in total. The lowest BCUT2D eigenvalue weighted by atomic mass is 10.0. The van der Waals surface area contributed by atoms with Crippen molar-refractivity contribution >= 4 is 38.5 Å². The van der Waals surface area contributed by atoms with Gasteiger partial charge < -0.3 is 23.9 Å².